The van der Waals surface area contributed by atoms with Crippen LogP contribution in [0.3, 0.4) is 0 Å². The van der Waals surface area contributed by atoms with E-state index >= 15 is 0 Å². The zero-order chi connectivity index (χ0) is 13.3. The fourth-order valence-electron chi connectivity index (χ4n) is 2.53. The van der Waals surface area contributed by atoms with E-state index in [1.165, 1.54) is 0 Å². The molecule has 0 bridgehead atoms. The number of benzene rings is 1. The molecule has 1 aromatic carbocycles. The Hall–Kier alpha value is -0.540. The van der Waals surface area contributed by atoms with Crippen LogP contribution in [-0.2, 0) is 0 Å². The van der Waals surface area contributed by atoms with E-state index in [4.69, 9.17) is 11.6 Å². The van der Waals surface area contributed by atoms with E-state index in [1.807, 2.05) is 4.90 Å². The SMILES string of the molecule is CC(C)C1CCCN1C(=O)c1ccc(Cl)c(Br)c1. The lowest BCUT2D eigenvalue weighted by molar-refractivity contribution is 0.0701. The number of rotatable bonds is 2. The number of likely N-dealkylation sites (tertiary alicyclic amines) is 1. The summed E-state index contributed by atoms with van der Waals surface area (Å²) in [5, 5.41) is 0.633. The zero-order valence-electron chi connectivity index (χ0n) is 10.6. The van der Waals surface area contributed by atoms with Gasteiger partial charge in [-0.3, -0.25) is 4.79 Å². The van der Waals surface area contributed by atoms with Crippen molar-refractivity contribution in [3.8, 4) is 0 Å². The van der Waals surface area contributed by atoms with Gasteiger partial charge in [-0.05, 0) is 52.9 Å². The van der Waals surface area contributed by atoms with Crippen LogP contribution in [-0.4, -0.2) is 23.4 Å². The molecule has 18 heavy (non-hydrogen) atoms. The van der Waals surface area contributed by atoms with Crippen LogP contribution in [0.2, 0.25) is 5.02 Å². The maximum absolute atomic E-state index is 12.5. The first-order chi connectivity index (χ1) is 8.50. The average Bonchev–Trinajstić information content (AvgIpc) is 2.81. The van der Waals surface area contributed by atoms with Crippen molar-refractivity contribution in [1.29, 1.82) is 0 Å². The topological polar surface area (TPSA) is 20.3 Å². The van der Waals surface area contributed by atoms with Crippen molar-refractivity contribution in [1.82, 2.24) is 4.90 Å². The second-order valence-electron chi connectivity index (χ2n) is 5.08. The monoisotopic (exact) mass is 329 g/mol. The molecular weight excluding hydrogens is 314 g/mol. The molecule has 1 heterocycles. The summed E-state index contributed by atoms with van der Waals surface area (Å²) in [6, 6.07) is 5.73. The van der Waals surface area contributed by atoms with Gasteiger partial charge < -0.3 is 4.90 Å². The number of nitrogens with zero attached hydrogens (tertiary/aromatic N) is 1. The Kier molecular flexibility index (Phi) is 4.33. The molecule has 0 aliphatic carbocycles. The predicted molar refractivity (Wildman–Crippen MR) is 78.0 cm³/mol. The Bertz CT molecular complexity index is 461. The lowest BCUT2D eigenvalue weighted by atomic mass is 10.0. The highest BCUT2D eigenvalue weighted by Gasteiger charge is 2.31. The molecule has 0 aromatic heterocycles. The molecule has 2 rings (SSSR count). The summed E-state index contributed by atoms with van der Waals surface area (Å²) in [5.74, 6) is 0.621. The highest BCUT2D eigenvalue weighted by Crippen LogP contribution is 2.28. The minimum Gasteiger partial charge on any atom is -0.335 e. The molecule has 1 unspecified atom stereocenters. The standard InChI is InChI=1S/C14H17BrClNO/c1-9(2)13-4-3-7-17(13)14(18)10-5-6-12(16)11(15)8-10/h5-6,8-9,13H,3-4,7H2,1-2H3. The smallest absolute Gasteiger partial charge is 0.254 e. The molecule has 0 saturated carbocycles. The lowest BCUT2D eigenvalue weighted by Gasteiger charge is -2.27. The molecule has 1 saturated heterocycles. The van der Waals surface area contributed by atoms with Crippen LogP contribution in [0.1, 0.15) is 37.0 Å². The fourth-order valence-corrected chi connectivity index (χ4v) is 3.03. The van der Waals surface area contributed by atoms with Crippen LogP contribution >= 0.6 is 27.5 Å². The summed E-state index contributed by atoms with van der Waals surface area (Å²) in [6.07, 6.45) is 2.21. The van der Waals surface area contributed by atoms with E-state index in [2.05, 4.69) is 29.8 Å². The molecule has 1 atom stereocenters. The number of carbonyl (C=O) groups is 1. The highest BCUT2D eigenvalue weighted by atomic mass is 79.9. The molecule has 0 spiro atoms. The van der Waals surface area contributed by atoms with E-state index in [-0.39, 0.29) is 5.91 Å². The largest absolute Gasteiger partial charge is 0.335 e. The van der Waals surface area contributed by atoms with Gasteiger partial charge in [-0.2, -0.15) is 0 Å². The maximum Gasteiger partial charge on any atom is 0.254 e. The third kappa shape index (κ3) is 2.72. The molecule has 0 N–H and O–H groups in total. The van der Waals surface area contributed by atoms with Crippen molar-refractivity contribution in [2.75, 3.05) is 6.54 Å². The molecule has 1 fully saturated rings. The first-order valence-corrected chi connectivity index (χ1v) is 7.44. The molecule has 0 radical (unpaired) electrons. The number of amides is 1. The second-order valence-corrected chi connectivity index (χ2v) is 6.34. The molecule has 1 amide bonds. The number of hydrogen-bond acceptors (Lipinski definition) is 1. The molecular formula is C14H17BrClNO. The van der Waals surface area contributed by atoms with Crippen LogP contribution in [0.25, 0.3) is 0 Å². The van der Waals surface area contributed by atoms with Crippen LogP contribution in [0.5, 0.6) is 0 Å². The summed E-state index contributed by atoms with van der Waals surface area (Å²) in [4.78, 5) is 14.5. The minimum absolute atomic E-state index is 0.114. The van der Waals surface area contributed by atoms with Crippen LogP contribution in [0.4, 0.5) is 0 Å². The van der Waals surface area contributed by atoms with Gasteiger partial charge >= 0.3 is 0 Å². The van der Waals surface area contributed by atoms with Gasteiger partial charge in [0.05, 0.1) is 5.02 Å². The van der Waals surface area contributed by atoms with E-state index in [1.54, 1.807) is 18.2 Å². The molecule has 4 heteroatoms. The summed E-state index contributed by atoms with van der Waals surface area (Å²) in [5.41, 5.74) is 0.707. The molecule has 1 aromatic rings. The van der Waals surface area contributed by atoms with Gasteiger partial charge in [0.2, 0.25) is 0 Å². The second kappa shape index (κ2) is 5.62. The lowest BCUT2D eigenvalue weighted by Crippen LogP contribution is -2.38. The first kappa shape index (κ1) is 13.9. The summed E-state index contributed by atoms with van der Waals surface area (Å²) < 4.78 is 0.773. The van der Waals surface area contributed by atoms with Gasteiger partial charge in [0.15, 0.2) is 0 Å². The Morgan fingerprint density at radius 1 is 1.50 bits per heavy atom. The summed E-state index contributed by atoms with van der Waals surface area (Å²) in [6.45, 7) is 5.21. The maximum atomic E-state index is 12.5. The van der Waals surface area contributed by atoms with Crippen molar-refractivity contribution in [3.05, 3.63) is 33.3 Å². The zero-order valence-corrected chi connectivity index (χ0v) is 13.0. The van der Waals surface area contributed by atoms with Crippen molar-refractivity contribution in [3.63, 3.8) is 0 Å². The fraction of sp³-hybridized carbons (Fsp3) is 0.500. The first-order valence-electron chi connectivity index (χ1n) is 6.26. The number of hydrogen-bond donors (Lipinski definition) is 0. The number of carbonyl (C=O) groups excluding carboxylic acids is 1. The summed E-state index contributed by atoms with van der Waals surface area (Å²) >= 11 is 9.32. The molecule has 1 aliphatic heterocycles. The van der Waals surface area contributed by atoms with Gasteiger partial charge in [-0.1, -0.05) is 25.4 Å². The van der Waals surface area contributed by atoms with Crippen LogP contribution in [0.15, 0.2) is 22.7 Å². The van der Waals surface area contributed by atoms with Gasteiger partial charge in [-0.25, -0.2) is 0 Å². The minimum atomic E-state index is 0.114. The van der Waals surface area contributed by atoms with Gasteiger partial charge in [0.1, 0.15) is 0 Å². The van der Waals surface area contributed by atoms with E-state index in [0.717, 1.165) is 23.9 Å². The van der Waals surface area contributed by atoms with Gasteiger partial charge in [-0.15, -0.1) is 0 Å². The molecule has 2 nitrogen and oxygen atoms in total. The van der Waals surface area contributed by atoms with E-state index in [0.29, 0.717) is 22.5 Å². The van der Waals surface area contributed by atoms with Gasteiger partial charge in [0, 0.05) is 22.6 Å². The Labute approximate surface area is 121 Å². The van der Waals surface area contributed by atoms with Gasteiger partial charge in [0.25, 0.3) is 5.91 Å². The third-order valence-electron chi connectivity index (χ3n) is 3.50. The van der Waals surface area contributed by atoms with Crippen LogP contribution < -0.4 is 0 Å². The average molecular weight is 331 g/mol. The normalized spacial score (nSPS) is 19.6. The summed E-state index contributed by atoms with van der Waals surface area (Å²) in [7, 11) is 0. The highest BCUT2D eigenvalue weighted by molar-refractivity contribution is 9.10. The van der Waals surface area contributed by atoms with E-state index < -0.39 is 0 Å². The van der Waals surface area contributed by atoms with E-state index in [9.17, 15) is 4.79 Å². The van der Waals surface area contributed by atoms with Crippen LogP contribution in [0, 0.1) is 5.92 Å². The quantitative estimate of drug-likeness (QED) is 0.789. The predicted octanol–water partition coefficient (Wildman–Crippen LogP) is 4.36. The van der Waals surface area contributed by atoms with Crippen molar-refractivity contribution >= 4 is 33.4 Å². The molecule has 98 valence electrons. The Morgan fingerprint density at radius 3 is 2.83 bits per heavy atom. The van der Waals surface area contributed by atoms with Crippen molar-refractivity contribution in [2.24, 2.45) is 5.92 Å². The third-order valence-corrected chi connectivity index (χ3v) is 4.71. The van der Waals surface area contributed by atoms with Crippen molar-refractivity contribution in [2.45, 2.75) is 32.7 Å². The Balaban J connectivity index is 2.22. The van der Waals surface area contributed by atoms with Crippen molar-refractivity contribution < 1.29 is 4.79 Å². The molecule has 1 aliphatic rings. The Morgan fingerprint density at radius 2 is 2.22 bits per heavy atom. The number of halogens is 2.